The predicted octanol–water partition coefficient (Wildman–Crippen LogP) is 6.93. The molecule has 0 atom stereocenters. The van der Waals surface area contributed by atoms with Crippen LogP contribution in [0.4, 0.5) is 0 Å². The quantitative estimate of drug-likeness (QED) is 0.349. The van der Waals surface area contributed by atoms with Crippen molar-refractivity contribution < 1.29 is 4.79 Å². The van der Waals surface area contributed by atoms with Crippen LogP contribution in [0.2, 0.25) is 0 Å². The van der Waals surface area contributed by atoms with Crippen LogP contribution in [0.15, 0.2) is 121 Å². The van der Waals surface area contributed by atoms with Gasteiger partial charge in [-0.3, -0.25) is 4.79 Å². The van der Waals surface area contributed by atoms with Crippen molar-refractivity contribution in [3.05, 3.63) is 149 Å². The molecule has 1 nitrogen and oxygen atoms in total. The number of fused-ring (bicyclic) bond motifs is 1. The van der Waals surface area contributed by atoms with Crippen LogP contribution in [0.1, 0.15) is 32.6 Å². The van der Waals surface area contributed by atoms with Crippen molar-refractivity contribution in [1.82, 2.24) is 0 Å². The summed E-state index contributed by atoms with van der Waals surface area (Å²) in [6, 6.07) is 38.5. The van der Waals surface area contributed by atoms with E-state index in [0.29, 0.717) is 0 Å². The van der Waals surface area contributed by atoms with Crippen LogP contribution in [-0.4, -0.2) is 5.78 Å². The molecule has 1 aliphatic carbocycles. The molecular weight excluding hydrogens is 364 g/mol. The predicted molar refractivity (Wildman–Crippen MR) is 124 cm³/mol. The molecule has 4 aromatic carbocycles. The highest BCUT2D eigenvalue weighted by Gasteiger charge is 2.32. The van der Waals surface area contributed by atoms with Gasteiger partial charge in [0.25, 0.3) is 0 Å². The van der Waals surface area contributed by atoms with Gasteiger partial charge in [0.1, 0.15) is 0 Å². The Balaban J connectivity index is 1.83. The summed E-state index contributed by atoms with van der Waals surface area (Å²) < 4.78 is 0. The summed E-state index contributed by atoms with van der Waals surface area (Å²) in [7, 11) is 0. The zero-order valence-electron chi connectivity index (χ0n) is 16.5. The van der Waals surface area contributed by atoms with Crippen molar-refractivity contribution in [3.8, 4) is 0 Å². The monoisotopic (exact) mass is 384 g/mol. The topological polar surface area (TPSA) is 17.1 Å². The molecule has 4 aromatic rings. The number of Topliss-reactive ketones (excluding diaryl/α,β-unsaturated/α-hetero) is 1. The van der Waals surface area contributed by atoms with Gasteiger partial charge in [0, 0.05) is 16.7 Å². The van der Waals surface area contributed by atoms with Crippen LogP contribution in [0.5, 0.6) is 0 Å². The molecule has 0 saturated carbocycles. The molecule has 5 rings (SSSR count). The third-order valence-electron chi connectivity index (χ3n) is 5.45. The van der Waals surface area contributed by atoms with Crippen molar-refractivity contribution in [2.24, 2.45) is 0 Å². The Morgan fingerprint density at radius 2 is 1.10 bits per heavy atom. The van der Waals surface area contributed by atoms with E-state index in [9.17, 15) is 4.79 Å². The van der Waals surface area contributed by atoms with Crippen LogP contribution in [0, 0.1) is 0 Å². The maximum Gasteiger partial charge on any atom is 0.194 e. The molecule has 0 heterocycles. The van der Waals surface area contributed by atoms with Crippen molar-refractivity contribution >= 4 is 23.0 Å². The molecule has 0 saturated heterocycles. The van der Waals surface area contributed by atoms with Crippen molar-refractivity contribution in [2.75, 3.05) is 0 Å². The molecule has 30 heavy (non-hydrogen) atoms. The van der Waals surface area contributed by atoms with Gasteiger partial charge >= 0.3 is 0 Å². The fraction of sp³-hybridized carbons (Fsp3) is 0. The first-order chi connectivity index (χ1) is 14.8. The van der Waals surface area contributed by atoms with Crippen LogP contribution in [0.3, 0.4) is 0 Å². The van der Waals surface area contributed by atoms with E-state index in [0.717, 1.165) is 44.5 Å². The second kappa shape index (κ2) is 7.81. The van der Waals surface area contributed by atoms with Crippen LogP contribution < -0.4 is 0 Å². The lowest BCUT2D eigenvalue weighted by molar-refractivity contribution is 0.104. The summed E-state index contributed by atoms with van der Waals surface area (Å²) in [4.78, 5) is 13.7. The SMILES string of the molecule is O=C1C(/C(=C/c2ccccc2)c2ccccc2)=C(c2ccccc2)c2ccccc21. The van der Waals surface area contributed by atoms with Gasteiger partial charge in [-0.05, 0) is 33.9 Å². The third kappa shape index (κ3) is 3.21. The number of allylic oxidation sites excluding steroid dienone is 2. The lowest BCUT2D eigenvalue weighted by Gasteiger charge is -2.13. The molecule has 1 heteroatoms. The molecular formula is C29H20O. The number of hydrogen-bond donors (Lipinski definition) is 0. The zero-order valence-corrected chi connectivity index (χ0v) is 16.5. The van der Waals surface area contributed by atoms with E-state index in [1.54, 1.807) is 0 Å². The maximum absolute atomic E-state index is 13.7. The van der Waals surface area contributed by atoms with Gasteiger partial charge in [0.05, 0.1) is 0 Å². The Bertz CT molecular complexity index is 1260. The smallest absolute Gasteiger partial charge is 0.194 e. The Kier molecular flexibility index (Phi) is 4.71. The minimum atomic E-state index is 0.0792. The lowest BCUT2D eigenvalue weighted by atomic mass is 9.89. The van der Waals surface area contributed by atoms with E-state index < -0.39 is 0 Å². The van der Waals surface area contributed by atoms with E-state index in [-0.39, 0.29) is 5.78 Å². The molecule has 142 valence electrons. The van der Waals surface area contributed by atoms with Gasteiger partial charge in [-0.25, -0.2) is 0 Å². The molecule has 0 aliphatic heterocycles. The molecule has 0 radical (unpaired) electrons. The summed E-state index contributed by atoms with van der Waals surface area (Å²) in [6.45, 7) is 0. The van der Waals surface area contributed by atoms with Crippen molar-refractivity contribution in [1.29, 1.82) is 0 Å². The van der Waals surface area contributed by atoms with E-state index in [2.05, 4.69) is 42.5 Å². The first-order valence-electron chi connectivity index (χ1n) is 10.1. The van der Waals surface area contributed by atoms with Gasteiger partial charge in [0.15, 0.2) is 5.78 Å². The Morgan fingerprint density at radius 1 is 0.567 bits per heavy atom. The number of rotatable bonds is 4. The number of carbonyl (C=O) groups is 1. The van der Waals surface area contributed by atoms with Gasteiger partial charge in [-0.2, -0.15) is 0 Å². The fourth-order valence-corrected chi connectivity index (χ4v) is 4.08. The number of carbonyl (C=O) groups excluding carboxylic acids is 1. The van der Waals surface area contributed by atoms with E-state index in [1.807, 2.05) is 78.9 Å². The number of hydrogen-bond acceptors (Lipinski definition) is 1. The first kappa shape index (κ1) is 18.1. The second-order valence-electron chi connectivity index (χ2n) is 7.33. The minimum absolute atomic E-state index is 0.0792. The Hall–Kier alpha value is -3.97. The molecule has 0 fully saturated rings. The highest BCUT2D eigenvalue weighted by atomic mass is 16.1. The summed E-state index contributed by atoms with van der Waals surface area (Å²) in [5, 5.41) is 0. The van der Waals surface area contributed by atoms with Gasteiger partial charge in [0.2, 0.25) is 0 Å². The number of ketones is 1. The third-order valence-corrected chi connectivity index (χ3v) is 5.45. The van der Waals surface area contributed by atoms with Gasteiger partial charge in [-0.1, -0.05) is 115 Å². The number of benzene rings is 4. The summed E-state index contributed by atoms with van der Waals surface area (Å²) in [5.41, 5.74) is 7.63. The van der Waals surface area contributed by atoms with Crippen LogP contribution in [-0.2, 0) is 0 Å². The highest BCUT2D eigenvalue weighted by Crippen LogP contribution is 2.43. The highest BCUT2D eigenvalue weighted by molar-refractivity contribution is 6.32. The Labute approximate surface area is 176 Å². The summed E-state index contributed by atoms with van der Waals surface area (Å²) in [6.07, 6.45) is 2.12. The van der Waals surface area contributed by atoms with Crippen molar-refractivity contribution in [3.63, 3.8) is 0 Å². The van der Waals surface area contributed by atoms with Crippen LogP contribution in [0.25, 0.3) is 17.2 Å². The maximum atomic E-state index is 13.7. The molecule has 0 unspecified atom stereocenters. The largest absolute Gasteiger partial charge is 0.289 e. The molecule has 0 bridgehead atoms. The molecule has 0 spiro atoms. The Morgan fingerprint density at radius 3 is 1.77 bits per heavy atom. The first-order valence-corrected chi connectivity index (χ1v) is 10.1. The normalized spacial score (nSPS) is 13.5. The molecule has 0 N–H and O–H groups in total. The summed E-state index contributed by atoms with van der Waals surface area (Å²) in [5.74, 6) is 0.0792. The van der Waals surface area contributed by atoms with Crippen molar-refractivity contribution in [2.45, 2.75) is 0 Å². The molecule has 1 aliphatic rings. The van der Waals surface area contributed by atoms with Crippen LogP contribution >= 0.6 is 0 Å². The van der Waals surface area contributed by atoms with E-state index in [4.69, 9.17) is 0 Å². The van der Waals surface area contributed by atoms with Gasteiger partial charge in [-0.15, -0.1) is 0 Å². The summed E-state index contributed by atoms with van der Waals surface area (Å²) >= 11 is 0. The minimum Gasteiger partial charge on any atom is -0.289 e. The molecule has 0 aromatic heterocycles. The van der Waals surface area contributed by atoms with E-state index >= 15 is 0 Å². The van der Waals surface area contributed by atoms with Gasteiger partial charge < -0.3 is 0 Å². The standard InChI is InChI=1S/C29H20O/c30-29-25-19-11-10-18-24(25)27(23-16-8-3-9-17-23)28(29)26(22-14-6-2-7-15-22)20-21-12-4-1-5-13-21/h1-20H/b26-20+. The second-order valence-corrected chi connectivity index (χ2v) is 7.33. The van der Waals surface area contributed by atoms with E-state index in [1.165, 1.54) is 0 Å². The zero-order chi connectivity index (χ0) is 20.3. The lowest BCUT2D eigenvalue weighted by Crippen LogP contribution is -2.02. The average molecular weight is 384 g/mol. The molecule has 0 amide bonds. The average Bonchev–Trinajstić information content (AvgIpc) is 3.12. The fourth-order valence-electron chi connectivity index (χ4n) is 4.08.